The van der Waals surface area contributed by atoms with Crippen molar-refractivity contribution >= 4 is 11.9 Å². The smallest absolute Gasteiger partial charge is 0.232 e. The number of halogens is 2. The fourth-order valence-corrected chi connectivity index (χ4v) is 1.99. The van der Waals surface area contributed by atoms with Gasteiger partial charge in [-0.2, -0.15) is 0 Å². The van der Waals surface area contributed by atoms with E-state index in [2.05, 4.69) is 0 Å². The molecule has 0 unspecified atom stereocenters. The van der Waals surface area contributed by atoms with E-state index in [0.717, 1.165) is 30.3 Å². The fraction of sp³-hybridized carbons (Fsp3) is 0. The minimum atomic E-state index is -0.719. The number of allylic oxidation sites excluding steroid dienone is 1. The van der Waals surface area contributed by atoms with Gasteiger partial charge in [0.15, 0.2) is 17.3 Å². The lowest BCUT2D eigenvalue weighted by Crippen LogP contribution is -1.99. The van der Waals surface area contributed by atoms with Gasteiger partial charge in [0.2, 0.25) is 11.5 Å². The number of Topliss-reactive ketones (excluding diaryl/α,β-unsaturated/α-hetero) is 1. The maximum Gasteiger partial charge on any atom is 0.232 e. The first-order chi connectivity index (χ1) is 9.97. The zero-order valence-electron chi connectivity index (χ0n) is 10.4. The van der Waals surface area contributed by atoms with Gasteiger partial charge in [-0.25, -0.2) is 8.78 Å². The summed E-state index contributed by atoms with van der Waals surface area (Å²) < 4.78 is 31.8. The summed E-state index contributed by atoms with van der Waals surface area (Å²) in [6.45, 7) is 0. The van der Waals surface area contributed by atoms with Crippen LogP contribution in [0.2, 0.25) is 0 Å². The van der Waals surface area contributed by atoms with Gasteiger partial charge in [0.25, 0.3) is 0 Å². The van der Waals surface area contributed by atoms with Crippen LogP contribution in [-0.2, 0) is 0 Å². The summed E-state index contributed by atoms with van der Waals surface area (Å²) in [6, 6.07) is 5.21. The first-order valence-electron chi connectivity index (χ1n) is 5.91. The Labute approximate surface area is 117 Å². The Balaban J connectivity index is 2.07. The number of phenols is 2. The van der Waals surface area contributed by atoms with Crippen molar-refractivity contribution in [2.75, 3.05) is 0 Å². The SMILES string of the molecule is O=C1C(=Cc2cc(F)ccc2F)Oc2c1ccc(O)c2O. The van der Waals surface area contributed by atoms with Crippen LogP contribution in [0.3, 0.4) is 0 Å². The van der Waals surface area contributed by atoms with Crippen molar-refractivity contribution in [1.29, 1.82) is 0 Å². The zero-order valence-corrected chi connectivity index (χ0v) is 10.4. The molecule has 0 atom stereocenters. The van der Waals surface area contributed by atoms with Crippen LogP contribution in [0.25, 0.3) is 6.08 Å². The van der Waals surface area contributed by atoms with Crippen LogP contribution in [-0.4, -0.2) is 16.0 Å². The second-order valence-corrected chi connectivity index (χ2v) is 4.42. The van der Waals surface area contributed by atoms with Gasteiger partial charge in [-0.1, -0.05) is 0 Å². The Kier molecular flexibility index (Phi) is 2.86. The summed E-state index contributed by atoms with van der Waals surface area (Å²) in [4.78, 5) is 12.1. The van der Waals surface area contributed by atoms with Crippen molar-refractivity contribution in [3.63, 3.8) is 0 Å². The van der Waals surface area contributed by atoms with E-state index in [1.807, 2.05) is 0 Å². The van der Waals surface area contributed by atoms with Crippen molar-refractivity contribution in [1.82, 2.24) is 0 Å². The van der Waals surface area contributed by atoms with Gasteiger partial charge in [-0.05, 0) is 36.4 Å². The molecule has 0 spiro atoms. The van der Waals surface area contributed by atoms with E-state index < -0.39 is 28.9 Å². The van der Waals surface area contributed by atoms with Crippen molar-refractivity contribution in [3.05, 3.63) is 58.9 Å². The molecule has 6 heteroatoms. The van der Waals surface area contributed by atoms with Crippen LogP contribution in [0.4, 0.5) is 8.78 Å². The van der Waals surface area contributed by atoms with Gasteiger partial charge in [0, 0.05) is 5.56 Å². The molecule has 0 saturated carbocycles. The van der Waals surface area contributed by atoms with E-state index in [1.54, 1.807) is 0 Å². The normalized spacial score (nSPS) is 15.1. The second kappa shape index (κ2) is 4.59. The third-order valence-electron chi connectivity index (χ3n) is 3.04. The molecule has 0 amide bonds. The molecule has 2 aromatic carbocycles. The van der Waals surface area contributed by atoms with E-state index in [0.29, 0.717) is 0 Å². The van der Waals surface area contributed by atoms with Gasteiger partial charge < -0.3 is 14.9 Å². The van der Waals surface area contributed by atoms with Gasteiger partial charge >= 0.3 is 0 Å². The molecule has 4 nitrogen and oxygen atoms in total. The lowest BCUT2D eigenvalue weighted by molar-refractivity contribution is 0.101. The number of phenolic OH excluding ortho intramolecular Hbond substituents is 2. The average molecular weight is 290 g/mol. The van der Waals surface area contributed by atoms with Crippen molar-refractivity contribution in [2.45, 2.75) is 0 Å². The summed E-state index contributed by atoms with van der Waals surface area (Å²) in [7, 11) is 0. The third-order valence-corrected chi connectivity index (χ3v) is 3.04. The Morgan fingerprint density at radius 3 is 2.62 bits per heavy atom. The maximum absolute atomic E-state index is 13.6. The maximum atomic E-state index is 13.6. The Bertz CT molecular complexity index is 797. The molecule has 2 N–H and O–H groups in total. The van der Waals surface area contributed by atoms with Gasteiger partial charge in [-0.15, -0.1) is 0 Å². The van der Waals surface area contributed by atoms with E-state index in [1.165, 1.54) is 6.07 Å². The van der Waals surface area contributed by atoms with Gasteiger partial charge in [0.05, 0.1) is 5.56 Å². The third kappa shape index (κ3) is 2.10. The molecule has 2 aromatic rings. The number of rotatable bonds is 1. The highest BCUT2D eigenvalue weighted by Gasteiger charge is 2.31. The second-order valence-electron chi connectivity index (χ2n) is 4.42. The lowest BCUT2D eigenvalue weighted by atomic mass is 10.1. The number of aromatic hydroxyl groups is 2. The van der Waals surface area contributed by atoms with Crippen molar-refractivity contribution < 1.29 is 28.5 Å². The Hall–Kier alpha value is -2.89. The van der Waals surface area contributed by atoms with E-state index >= 15 is 0 Å². The van der Waals surface area contributed by atoms with E-state index in [9.17, 15) is 23.8 Å². The number of hydrogen-bond donors (Lipinski definition) is 2. The number of fused-ring (bicyclic) bond motifs is 1. The van der Waals surface area contributed by atoms with Gasteiger partial charge in [0.1, 0.15) is 11.6 Å². The molecule has 0 aromatic heterocycles. The molecule has 0 aliphatic carbocycles. The lowest BCUT2D eigenvalue weighted by Gasteiger charge is -2.03. The summed E-state index contributed by atoms with van der Waals surface area (Å²) in [5.74, 6) is -3.47. The summed E-state index contributed by atoms with van der Waals surface area (Å²) >= 11 is 0. The van der Waals surface area contributed by atoms with E-state index in [-0.39, 0.29) is 22.6 Å². The van der Waals surface area contributed by atoms with Crippen LogP contribution >= 0.6 is 0 Å². The molecular formula is C15H8F2O4. The van der Waals surface area contributed by atoms with Crippen LogP contribution < -0.4 is 4.74 Å². The minimum Gasteiger partial charge on any atom is -0.504 e. The predicted octanol–water partition coefficient (Wildman–Crippen LogP) is 2.99. The number of carbonyl (C=O) groups excluding carboxylic acids is 1. The molecular weight excluding hydrogens is 282 g/mol. The Morgan fingerprint density at radius 2 is 1.86 bits per heavy atom. The standard InChI is InChI=1S/C15H8F2O4/c16-8-1-3-10(17)7(5-8)6-12-13(19)9-2-4-11(18)14(20)15(9)21-12/h1-6,18,20H. The van der Waals surface area contributed by atoms with Crippen LogP contribution in [0.1, 0.15) is 15.9 Å². The zero-order chi connectivity index (χ0) is 15.1. The number of benzene rings is 2. The molecule has 1 aliphatic rings. The number of hydrogen-bond acceptors (Lipinski definition) is 4. The van der Waals surface area contributed by atoms with Gasteiger partial charge in [-0.3, -0.25) is 4.79 Å². The van der Waals surface area contributed by atoms with Crippen molar-refractivity contribution in [2.24, 2.45) is 0 Å². The summed E-state index contributed by atoms with van der Waals surface area (Å²) in [5.41, 5.74) is -0.122. The highest BCUT2D eigenvalue weighted by atomic mass is 19.1. The van der Waals surface area contributed by atoms with Crippen molar-refractivity contribution in [3.8, 4) is 17.2 Å². The first kappa shape index (κ1) is 13.1. The largest absolute Gasteiger partial charge is 0.504 e. The average Bonchev–Trinajstić information content (AvgIpc) is 2.76. The summed E-state index contributed by atoms with van der Waals surface area (Å²) in [5, 5.41) is 19.0. The molecule has 0 radical (unpaired) electrons. The molecule has 0 bridgehead atoms. The van der Waals surface area contributed by atoms with Crippen LogP contribution in [0, 0.1) is 11.6 Å². The number of carbonyl (C=O) groups is 1. The molecule has 0 fully saturated rings. The fourth-order valence-electron chi connectivity index (χ4n) is 1.99. The van der Waals surface area contributed by atoms with Crippen LogP contribution in [0.15, 0.2) is 36.1 Å². The minimum absolute atomic E-state index is 0.0355. The first-order valence-corrected chi connectivity index (χ1v) is 5.91. The highest BCUT2D eigenvalue weighted by Crippen LogP contribution is 2.44. The van der Waals surface area contributed by atoms with E-state index in [4.69, 9.17) is 4.74 Å². The number of ketones is 1. The molecule has 106 valence electrons. The molecule has 1 heterocycles. The Morgan fingerprint density at radius 1 is 1.10 bits per heavy atom. The molecule has 21 heavy (non-hydrogen) atoms. The number of ether oxygens (including phenoxy) is 1. The summed E-state index contributed by atoms with van der Waals surface area (Å²) in [6.07, 6.45) is 1.04. The van der Waals surface area contributed by atoms with Crippen LogP contribution in [0.5, 0.6) is 17.2 Å². The molecule has 1 aliphatic heterocycles. The highest BCUT2D eigenvalue weighted by molar-refractivity contribution is 6.15. The molecule has 0 saturated heterocycles. The monoisotopic (exact) mass is 290 g/mol. The predicted molar refractivity (Wildman–Crippen MR) is 69.1 cm³/mol. The topological polar surface area (TPSA) is 66.8 Å². The molecule has 3 rings (SSSR count). The quantitative estimate of drug-likeness (QED) is 0.626.